The van der Waals surface area contributed by atoms with Gasteiger partial charge in [0.1, 0.15) is 5.56 Å². The largest absolute Gasteiger partial charge is 0.336 e. The molecule has 3 aromatic rings. The van der Waals surface area contributed by atoms with Gasteiger partial charge in [0.05, 0.1) is 0 Å². The van der Waals surface area contributed by atoms with Crippen LogP contribution in [-0.2, 0) is 6.54 Å². The van der Waals surface area contributed by atoms with Gasteiger partial charge in [-0.05, 0) is 42.0 Å². The maximum atomic E-state index is 12.6. The van der Waals surface area contributed by atoms with Crippen LogP contribution in [0, 0.1) is 0 Å². The lowest BCUT2D eigenvalue weighted by atomic mass is 10.2. The second-order valence-electron chi connectivity index (χ2n) is 6.76. The predicted octanol–water partition coefficient (Wildman–Crippen LogP) is 3.71. The van der Waals surface area contributed by atoms with E-state index in [0.717, 1.165) is 30.2 Å². The maximum absolute atomic E-state index is 12.6. The first kappa shape index (κ1) is 18.9. The van der Waals surface area contributed by atoms with E-state index in [1.165, 1.54) is 16.0 Å². The number of piperazine rings is 1. The summed E-state index contributed by atoms with van der Waals surface area (Å²) in [4.78, 5) is 33.5. The maximum Gasteiger partial charge on any atom is 0.260 e. The molecule has 0 unspecified atom stereocenters. The summed E-state index contributed by atoms with van der Waals surface area (Å²) in [7, 11) is 0. The molecule has 7 heteroatoms. The Hall–Kier alpha value is -2.41. The highest BCUT2D eigenvalue weighted by molar-refractivity contribution is 7.15. The Bertz CT molecular complexity index is 1040. The lowest BCUT2D eigenvalue weighted by Crippen LogP contribution is -2.49. The number of aromatic amines is 1. The fraction of sp³-hybridized carbons (Fsp3) is 0.238. The molecular formula is C21H20ClN3O2S. The van der Waals surface area contributed by atoms with Crippen LogP contribution in [0.25, 0.3) is 10.4 Å². The molecule has 28 heavy (non-hydrogen) atoms. The van der Waals surface area contributed by atoms with Crippen LogP contribution in [0.3, 0.4) is 0 Å². The molecule has 0 atom stereocenters. The molecule has 0 saturated carbocycles. The number of rotatable bonds is 4. The molecular weight excluding hydrogens is 394 g/mol. The smallest absolute Gasteiger partial charge is 0.260 e. The normalized spacial score (nSPS) is 15.0. The molecule has 144 valence electrons. The summed E-state index contributed by atoms with van der Waals surface area (Å²) < 4.78 is 0. The van der Waals surface area contributed by atoms with Crippen LogP contribution in [-0.4, -0.2) is 46.9 Å². The summed E-state index contributed by atoms with van der Waals surface area (Å²) in [6, 6.07) is 15.4. The molecule has 0 bridgehead atoms. The van der Waals surface area contributed by atoms with Gasteiger partial charge in [0.25, 0.3) is 11.5 Å². The first-order valence-corrected chi connectivity index (χ1v) is 10.3. The Morgan fingerprint density at radius 2 is 1.89 bits per heavy atom. The number of halogens is 1. The van der Waals surface area contributed by atoms with Crippen molar-refractivity contribution in [2.24, 2.45) is 0 Å². The molecule has 0 spiro atoms. The SMILES string of the molecule is O=C(c1ccc[nH]c1=O)N1CCN(Cc2ccc(-c3cccc(Cl)c3)s2)CC1. The van der Waals surface area contributed by atoms with Gasteiger partial charge in [-0.15, -0.1) is 11.3 Å². The van der Waals surface area contributed by atoms with Crippen molar-refractivity contribution in [1.29, 1.82) is 0 Å². The van der Waals surface area contributed by atoms with Crippen molar-refractivity contribution < 1.29 is 4.79 Å². The van der Waals surface area contributed by atoms with E-state index in [4.69, 9.17) is 11.6 Å². The molecule has 1 fully saturated rings. The third-order valence-corrected chi connectivity index (χ3v) is 6.21. The van der Waals surface area contributed by atoms with Gasteiger partial charge >= 0.3 is 0 Å². The average Bonchev–Trinajstić information content (AvgIpc) is 3.17. The fourth-order valence-corrected chi connectivity index (χ4v) is 4.59. The number of nitrogens with one attached hydrogen (secondary N) is 1. The first-order chi connectivity index (χ1) is 13.6. The quantitative estimate of drug-likeness (QED) is 0.709. The Balaban J connectivity index is 1.36. The van der Waals surface area contributed by atoms with Gasteiger partial charge in [-0.25, -0.2) is 0 Å². The average molecular weight is 414 g/mol. The summed E-state index contributed by atoms with van der Waals surface area (Å²) in [5.41, 5.74) is 1.01. The van der Waals surface area contributed by atoms with E-state index in [0.29, 0.717) is 13.1 Å². The summed E-state index contributed by atoms with van der Waals surface area (Å²) in [5, 5.41) is 0.741. The summed E-state index contributed by atoms with van der Waals surface area (Å²) in [6.07, 6.45) is 1.54. The van der Waals surface area contributed by atoms with Crippen molar-refractivity contribution in [2.45, 2.75) is 6.54 Å². The lowest BCUT2D eigenvalue weighted by Gasteiger charge is -2.34. The minimum absolute atomic E-state index is 0.194. The molecule has 1 aliphatic rings. The van der Waals surface area contributed by atoms with Crippen molar-refractivity contribution in [3.8, 4) is 10.4 Å². The molecule has 1 aliphatic heterocycles. The number of thiophene rings is 1. The standard InChI is InChI=1S/C21H20ClN3O2S/c22-16-4-1-3-15(13-16)19-7-6-17(28-19)14-24-9-11-25(12-10-24)21(27)18-5-2-8-23-20(18)26/h1-8,13H,9-12,14H2,(H,23,26). The number of carbonyl (C=O) groups is 1. The molecule has 2 aromatic heterocycles. The Kier molecular flexibility index (Phi) is 5.62. The summed E-state index contributed by atoms with van der Waals surface area (Å²) in [5.74, 6) is -0.194. The van der Waals surface area contributed by atoms with Gasteiger partial charge < -0.3 is 9.88 Å². The minimum atomic E-state index is -0.331. The number of aromatic nitrogens is 1. The van der Waals surface area contributed by atoms with E-state index in [1.54, 1.807) is 28.4 Å². The first-order valence-electron chi connectivity index (χ1n) is 9.14. The van der Waals surface area contributed by atoms with Crippen molar-refractivity contribution in [2.75, 3.05) is 26.2 Å². The monoisotopic (exact) mass is 413 g/mol. The molecule has 0 aliphatic carbocycles. The highest BCUT2D eigenvalue weighted by Gasteiger charge is 2.24. The molecule has 5 nitrogen and oxygen atoms in total. The Labute approximate surface area is 172 Å². The van der Waals surface area contributed by atoms with Crippen molar-refractivity contribution in [3.05, 3.63) is 80.5 Å². The number of H-pyrrole nitrogens is 1. The van der Waals surface area contributed by atoms with E-state index in [9.17, 15) is 9.59 Å². The van der Waals surface area contributed by atoms with Crippen LogP contribution >= 0.6 is 22.9 Å². The summed E-state index contributed by atoms with van der Waals surface area (Å²) in [6.45, 7) is 3.69. The number of nitrogens with zero attached hydrogens (tertiary/aromatic N) is 2. The summed E-state index contributed by atoms with van der Waals surface area (Å²) >= 11 is 7.86. The van der Waals surface area contributed by atoms with Gasteiger partial charge in [0.15, 0.2) is 0 Å². The predicted molar refractivity (Wildman–Crippen MR) is 113 cm³/mol. The highest BCUT2D eigenvalue weighted by Crippen LogP contribution is 2.30. The number of amides is 1. The van der Waals surface area contributed by atoms with Gasteiger partial charge in [0, 0.05) is 53.7 Å². The van der Waals surface area contributed by atoms with Crippen LogP contribution in [0.1, 0.15) is 15.2 Å². The van der Waals surface area contributed by atoms with Crippen LogP contribution in [0.4, 0.5) is 0 Å². The van der Waals surface area contributed by atoms with E-state index >= 15 is 0 Å². The topological polar surface area (TPSA) is 56.4 Å². The molecule has 1 saturated heterocycles. The number of hydrogen-bond acceptors (Lipinski definition) is 4. The molecule has 4 rings (SSSR count). The van der Waals surface area contributed by atoms with Crippen LogP contribution in [0.15, 0.2) is 59.5 Å². The minimum Gasteiger partial charge on any atom is -0.336 e. The Morgan fingerprint density at radius 3 is 2.64 bits per heavy atom. The zero-order chi connectivity index (χ0) is 19.5. The van der Waals surface area contributed by atoms with E-state index in [1.807, 2.05) is 18.2 Å². The van der Waals surface area contributed by atoms with E-state index in [2.05, 4.69) is 28.1 Å². The highest BCUT2D eigenvalue weighted by atomic mass is 35.5. The molecule has 1 amide bonds. The number of carbonyl (C=O) groups excluding carboxylic acids is 1. The van der Waals surface area contributed by atoms with Gasteiger partial charge in [-0.2, -0.15) is 0 Å². The molecule has 1 aromatic carbocycles. The van der Waals surface area contributed by atoms with E-state index in [-0.39, 0.29) is 17.0 Å². The zero-order valence-electron chi connectivity index (χ0n) is 15.2. The van der Waals surface area contributed by atoms with Gasteiger partial charge in [-0.3, -0.25) is 14.5 Å². The van der Waals surface area contributed by atoms with Crippen LogP contribution < -0.4 is 5.56 Å². The number of pyridine rings is 1. The third kappa shape index (κ3) is 4.19. The second kappa shape index (κ2) is 8.31. The fourth-order valence-electron chi connectivity index (χ4n) is 3.35. The second-order valence-corrected chi connectivity index (χ2v) is 8.36. The lowest BCUT2D eigenvalue weighted by molar-refractivity contribution is 0.0628. The van der Waals surface area contributed by atoms with Gasteiger partial charge in [0.2, 0.25) is 0 Å². The van der Waals surface area contributed by atoms with E-state index < -0.39 is 0 Å². The number of benzene rings is 1. The van der Waals surface area contributed by atoms with Crippen molar-refractivity contribution in [1.82, 2.24) is 14.8 Å². The van der Waals surface area contributed by atoms with Crippen LogP contribution in [0.5, 0.6) is 0 Å². The molecule has 0 radical (unpaired) electrons. The molecule has 1 N–H and O–H groups in total. The zero-order valence-corrected chi connectivity index (χ0v) is 16.8. The van der Waals surface area contributed by atoms with Gasteiger partial charge in [-0.1, -0.05) is 23.7 Å². The Morgan fingerprint density at radius 1 is 1.07 bits per heavy atom. The third-order valence-electron chi connectivity index (χ3n) is 4.86. The van der Waals surface area contributed by atoms with Crippen LogP contribution in [0.2, 0.25) is 5.02 Å². The number of hydrogen-bond donors (Lipinski definition) is 1. The van der Waals surface area contributed by atoms with Crippen molar-refractivity contribution >= 4 is 28.8 Å². The molecule has 3 heterocycles. The van der Waals surface area contributed by atoms with Crippen molar-refractivity contribution in [3.63, 3.8) is 0 Å².